The quantitative estimate of drug-likeness (QED) is 0.113. The molecule has 0 heterocycles. The summed E-state index contributed by atoms with van der Waals surface area (Å²) in [6.07, 6.45) is 17.5. The van der Waals surface area contributed by atoms with Crippen LogP contribution in [0.15, 0.2) is 75.9 Å². The summed E-state index contributed by atoms with van der Waals surface area (Å²) in [5.41, 5.74) is 0.0698. The van der Waals surface area contributed by atoms with Crippen LogP contribution in [0, 0.1) is 5.41 Å². The zero-order valence-electron chi connectivity index (χ0n) is 22.6. The molecule has 0 fully saturated rings. The highest BCUT2D eigenvalue weighted by atomic mass is 28.3. The van der Waals surface area contributed by atoms with Crippen LogP contribution in [0.4, 0.5) is 0 Å². The van der Waals surface area contributed by atoms with Crippen molar-refractivity contribution in [3.63, 3.8) is 0 Å². The van der Waals surface area contributed by atoms with E-state index in [-0.39, 0.29) is 11.0 Å². The van der Waals surface area contributed by atoms with E-state index in [4.69, 9.17) is 4.43 Å². The summed E-state index contributed by atoms with van der Waals surface area (Å²) < 4.78 is 6.54. The summed E-state index contributed by atoms with van der Waals surface area (Å²) in [6, 6.07) is 9.47. The molecule has 0 aliphatic heterocycles. The molecule has 0 aromatic rings. The summed E-state index contributed by atoms with van der Waals surface area (Å²) in [5.74, 6) is 0. The lowest BCUT2D eigenvalue weighted by Crippen LogP contribution is -2.46. The molecule has 0 aromatic heterocycles. The maximum atomic E-state index is 6.54. The first-order valence-corrected chi connectivity index (χ1v) is 19.3. The molecule has 33 heavy (non-hydrogen) atoms. The van der Waals surface area contributed by atoms with Gasteiger partial charge in [0.05, 0.1) is 21.7 Å². The highest BCUT2D eigenvalue weighted by Gasteiger charge is 2.42. The number of allylic oxidation sites excluding steroid dienone is 6. The first kappa shape index (κ1) is 32.1. The lowest BCUT2D eigenvalue weighted by molar-refractivity contribution is -0.0430. The Balaban J connectivity index is 5.56. The standard InChI is InChI=1S/C29H54OSi3/c1-10-20-32(21-11-2,22-12-3)26-16-18-29(30-31,28(7,8)9)19-17-27-33(23-13-4,24-14-5)25-15-6/h10-15H,1-6,16-27H2,7-9,31H3. The van der Waals surface area contributed by atoms with Crippen molar-refractivity contribution in [1.29, 1.82) is 0 Å². The Morgan fingerprint density at radius 2 is 0.879 bits per heavy atom. The minimum absolute atomic E-state index is 0.0490. The topological polar surface area (TPSA) is 9.23 Å². The molecule has 4 heteroatoms. The van der Waals surface area contributed by atoms with Gasteiger partial charge in [-0.05, 0) is 54.5 Å². The summed E-state index contributed by atoms with van der Waals surface area (Å²) in [6.45, 7) is 31.5. The molecule has 0 saturated carbocycles. The molecule has 188 valence electrons. The maximum Gasteiger partial charge on any atom is 0.146 e. The monoisotopic (exact) mass is 502 g/mol. The first-order valence-electron chi connectivity index (χ1n) is 12.8. The van der Waals surface area contributed by atoms with Gasteiger partial charge in [-0.1, -0.05) is 82.2 Å². The third-order valence-electron chi connectivity index (χ3n) is 7.80. The van der Waals surface area contributed by atoms with Crippen molar-refractivity contribution in [1.82, 2.24) is 0 Å². The SMILES string of the molecule is C=CC[Si](CC=C)(CC=C)CCCC(CCC[Si](CC=C)(CC=C)CC=C)(O[SiH3])C(C)(C)C. The van der Waals surface area contributed by atoms with Gasteiger partial charge in [0.2, 0.25) is 0 Å². The second kappa shape index (κ2) is 15.9. The molecule has 0 unspecified atom stereocenters. The van der Waals surface area contributed by atoms with Crippen LogP contribution < -0.4 is 0 Å². The van der Waals surface area contributed by atoms with Crippen LogP contribution in [0.25, 0.3) is 0 Å². The highest BCUT2D eigenvalue weighted by Crippen LogP contribution is 2.44. The summed E-state index contributed by atoms with van der Waals surface area (Å²) in [4.78, 5) is 0. The van der Waals surface area contributed by atoms with Gasteiger partial charge in [-0.15, -0.1) is 39.5 Å². The molecule has 1 nitrogen and oxygen atoms in total. The van der Waals surface area contributed by atoms with Gasteiger partial charge in [0, 0.05) is 0 Å². The van der Waals surface area contributed by atoms with Crippen LogP contribution in [0.5, 0.6) is 0 Å². The van der Waals surface area contributed by atoms with Crippen molar-refractivity contribution in [2.24, 2.45) is 5.41 Å². The van der Waals surface area contributed by atoms with Gasteiger partial charge in [0.15, 0.2) is 0 Å². The maximum absolute atomic E-state index is 6.54. The fraction of sp³-hybridized carbons (Fsp3) is 0.586. The van der Waals surface area contributed by atoms with E-state index in [9.17, 15) is 0 Å². The Morgan fingerprint density at radius 3 is 1.06 bits per heavy atom. The predicted molar refractivity (Wildman–Crippen MR) is 163 cm³/mol. The smallest absolute Gasteiger partial charge is 0.146 e. The van der Waals surface area contributed by atoms with Crippen LogP contribution in [0.2, 0.25) is 48.4 Å². The first-order chi connectivity index (χ1) is 15.6. The zero-order valence-corrected chi connectivity index (χ0v) is 26.6. The van der Waals surface area contributed by atoms with Crippen molar-refractivity contribution < 1.29 is 4.43 Å². The second-order valence-corrected chi connectivity index (χ2v) is 21.0. The largest absolute Gasteiger partial charge is 0.422 e. The minimum Gasteiger partial charge on any atom is -0.422 e. The van der Waals surface area contributed by atoms with Gasteiger partial charge in [0.1, 0.15) is 10.5 Å². The molecule has 0 aliphatic carbocycles. The van der Waals surface area contributed by atoms with Crippen LogP contribution in [-0.4, -0.2) is 32.2 Å². The molecule has 0 radical (unpaired) electrons. The van der Waals surface area contributed by atoms with Gasteiger partial charge in [-0.3, -0.25) is 0 Å². The molecule has 0 saturated heterocycles. The van der Waals surface area contributed by atoms with Crippen molar-refractivity contribution in [3.8, 4) is 0 Å². The third-order valence-corrected chi connectivity index (χ3v) is 18.3. The molecular formula is C29H54OSi3. The van der Waals surface area contributed by atoms with Gasteiger partial charge in [-0.2, -0.15) is 0 Å². The van der Waals surface area contributed by atoms with E-state index in [2.05, 4.69) is 96.7 Å². The zero-order chi connectivity index (χ0) is 25.4. The van der Waals surface area contributed by atoms with E-state index in [1.165, 1.54) is 24.9 Å². The van der Waals surface area contributed by atoms with Crippen LogP contribution in [0.1, 0.15) is 46.5 Å². The van der Waals surface area contributed by atoms with Gasteiger partial charge in [-0.25, -0.2) is 0 Å². The van der Waals surface area contributed by atoms with Crippen LogP contribution in [0.3, 0.4) is 0 Å². The normalized spacial score (nSPS) is 12.8. The number of hydrogen-bond acceptors (Lipinski definition) is 1. The fourth-order valence-electron chi connectivity index (χ4n) is 5.83. The fourth-order valence-corrected chi connectivity index (χ4v) is 14.6. The van der Waals surface area contributed by atoms with E-state index < -0.39 is 16.1 Å². The number of hydrogen-bond donors (Lipinski definition) is 0. The molecule has 0 N–H and O–H groups in total. The molecule has 0 atom stereocenters. The van der Waals surface area contributed by atoms with Crippen molar-refractivity contribution in [2.75, 3.05) is 0 Å². The lowest BCUT2D eigenvalue weighted by atomic mass is 9.71. The van der Waals surface area contributed by atoms with E-state index in [1.54, 1.807) is 0 Å². The summed E-state index contributed by atoms with van der Waals surface area (Å²) in [5, 5.41) is 0. The molecule has 0 aromatic carbocycles. The van der Waals surface area contributed by atoms with E-state index in [0.717, 1.165) is 59.6 Å². The average Bonchev–Trinajstić information content (AvgIpc) is 2.73. The lowest BCUT2D eigenvalue weighted by Gasteiger charge is -2.46. The van der Waals surface area contributed by atoms with Gasteiger partial charge in [0.25, 0.3) is 0 Å². The summed E-state index contributed by atoms with van der Waals surface area (Å²) >= 11 is 0. The molecule has 0 amide bonds. The third kappa shape index (κ3) is 10.1. The number of rotatable bonds is 21. The predicted octanol–water partition coefficient (Wildman–Crippen LogP) is 8.64. The molecule has 0 aliphatic rings. The van der Waals surface area contributed by atoms with Crippen molar-refractivity contribution >= 4 is 26.6 Å². The van der Waals surface area contributed by atoms with Crippen LogP contribution in [-0.2, 0) is 4.43 Å². The van der Waals surface area contributed by atoms with Gasteiger partial charge >= 0.3 is 0 Å². The Bertz CT molecular complexity index is 532. The average molecular weight is 503 g/mol. The Morgan fingerprint density at radius 1 is 0.606 bits per heavy atom. The summed E-state index contributed by atoms with van der Waals surface area (Å²) in [7, 11) is -2.20. The molecule has 0 spiro atoms. The molecular weight excluding hydrogens is 449 g/mol. The van der Waals surface area contributed by atoms with E-state index >= 15 is 0 Å². The van der Waals surface area contributed by atoms with Crippen molar-refractivity contribution in [2.45, 2.75) is 100 Å². The Labute approximate surface area is 212 Å². The van der Waals surface area contributed by atoms with Crippen LogP contribution >= 0.6 is 0 Å². The molecule has 0 rings (SSSR count). The van der Waals surface area contributed by atoms with E-state index in [0.29, 0.717) is 0 Å². The Kier molecular flexibility index (Phi) is 15.4. The minimum atomic E-state index is -1.49. The molecule has 0 bridgehead atoms. The highest BCUT2D eigenvalue weighted by molar-refractivity contribution is 6.81. The van der Waals surface area contributed by atoms with E-state index in [1.807, 2.05) is 0 Å². The second-order valence-electron chi connectivity index (χ2n) is 11.1. The van der Waals surface area contributed by atoms with Crippen molar-refractivity contribution in [3.05, 3.63) is 75.9 Å². The Hall–Kier alpha value is -0.949. The van der Waals surface area contributed by atoms with Gasteiger partial charge < -0.3 is 4.43 Å².